The second-order valence-electron chi connectivity index (χ2n) is 11.7. The predicted molar refractivity (Wildman–Crippen MR) is 165 cm³/mol. The van der Waals surface area contributed by atoms with Gasteiger partial charge in [-0.1, -0.05) is 90.9 Å². The van der Waals surface area contributed by atoms with Gasteiger partial charge in [0.25, 0.3) is 0 Å². The van der Waals surface area contributed by atoms with E-state index in [1.165, 1.54) is 134 Å². The molecule has 0 aliphatic rings. The first kappa shape index (κ1) is 31.5. The van der Waals surface area contributed by atoms with Crippen LogP contribution in [0.2, 0.25) is 0 Å². The Kier molecular flexibility index (Phi) is 14.4. The minimum absolute atomic E-state index is 1.09. The molecule has 0 atom stereocenters. The smallest absolute Gasteiger partial charge is 0.131 e. The van der Waals surface area contributed by atoms with Crippen molar-refractivity contribution in [2.75, 3.05) is 0 Å². The highest BCUT2D eigenvalue weighted by atomic mass is 16.5. The van der Waals surface area contributed by atoms with Crippen LogP contribution in [0.25, 0.3) is 0 Å². The molecule has 0 aliphatic carbocycles. The van der Waals surface area contributed by atoms with E-state index in [4.69, 9.17) is 4.74 Å². The first-order valence-electron chi connectivity index (χ1n) is 15.7. The maximum Gasteiger partial charge on any atom is 0.131 e. The molecule has 0 N–H and O–H groups in total. The molecule has 0 spiro atoms. The number of benzene rings is 2. The van der Waals surface area contributed by atoms with Gasteiger partial charge in [-0.05, 0) is 124 Å². The number of rotatable bonds is 18. The molecule has 0 saturated heterocycles. The van der Waals surface area contributed by atoms with Crippen LogP contribution in [0.15, 0.2) is 12.1 Å². The van der Waals surface area contributed by atoms with Crippen LogP contribution in [0.5, 0.6) is 11.5 Å². The number of hydrogen-bond acceptors (Lipinski definition) is 1. The summed E-state index contributed by atoms with van der Waals surface area (Å²) in [6.45, 7) is 18.2. The third-order valence-corrected chi connectivity index (χ3v) is 8.78. The molecule has 0 unspecified atom stereocenters. The van der Waals surface area contributed by atoms with Crippen LogP contribution in [-0.2, 0) is 12.8 Å². The highest BCUT2D eigenvalue weighted by Crippen LogP contribution is 2.37. The molecular formula is C36H58O. The standard InChI is InChI=1S/C36H58O/c1-9-11-13-15-17-19-21-23-33-31(7)29(5)27(3)25-35(33)37-36-26-28(4)30(6)32(8)34(36)24-22-20-18-16-14-12-10-2/h25-26H,9-24H2,1-8H3. The SMILES string of the molecule is CCCCCCCCCc1c(Oc2cc(C)c(C)c(C)c2CCCCCCCCC)cc(C)c(C)c1C. The van der Waals surface area contributed by atoms with Crippen molar-refractivity contribution in [1.82, 2.24) is 0 Å². The van der Waals surface area contributed by atoms with Gasteiger partial charge in [-0.25, -0.2) is 0 Å². The van der Waals surface area contributed by atoms with Crippen molar-refractivity contribution < 1.29 is 4.74 Å². The summed E-state index contributed by atoms with van der Waals surface area (Å²) in [7, 11) is 0. The topological polar surface area (TPSA) is 9.23 Å². The normalized spacial score (nSPS) is 11.4. The molecule has 2 aromatic carbocycles. The Morgan fingerprint density at radius 2 is 0.757 bits per heavy atom. The van der Waals surface area contributed by atoms with Gasteiger partial charge in [0.05, 0.1) is 0 Å². The fraction of sp³-hybridized carbons (Fsp3) is 0.667. The van der Waals surface area contributed by atoms with Crippen LogP contribution >= 0.6 is 0 Å². The van der Waals surface area contributed by atoms with Gasteiger partial charge in [0, 0.05) is 0 Å². The van der Waals surface area contributed by atoms with Crippen LogP contribution in [0.1, 0.15) is 148 Å². The van der Waals surface area contributed by atoms with Gasteiger partial charge < -0.3 is 4.74 Å². The van der Waals surface area contributed by atoms with Gasteiger partial charge >= 0.3 is 0 Å². The minimum atomic E-state index is 1.09. The first-order chi connectivity index (χ1) is 17.8. The van der Waals surface area contributed by atoms with E-state index in [-0.39, 0.29) is 0 Å². The molecular weight excluding hydrogens is 448 g/mol. The molecule has 0 radical (unpaired) electrons. The fourth-order valence-corrected chi connectivity index (χ4v) is 5.64. The van der Waals surface area contributed by atoms with Crippen LogP contribution in [0, 0.1) is 41.5 Å². The molecule has 0 aliphatic heterocycles. The molecule has 0 aromatic heterocycles. The molecule has 208 valence electrons. The zero-order chi connectivity index (χ0) is 27.2. The average molecular weight is 507 g/mol. The summed E-state index contributed by atoms with van der Waals surface area (Å²) < 4.78 is 6.89. The van der Waals surface area contributed by atoms with Crippen molar-refractivity contribution in [2.45, 2.75) is 158 Å². The zero-order valence-electron chi connectivity index (χ0n) is 25.9. The van der Waals surface area contributed by atoms with E-state index in [1.807, 2.05) is 0 Å². The maximum absolute atomic E-state index is 6.89. The number of hydrogen-bond donors (Lipinski definition) is 0. The number of ether oxygens (including phenoxy) is 1. The van der Waals surface area contributed by atoms with Crippen LogP contribution < -0.4 is 4.74 Å². The van der Waals surface area contributed by atoms with Gasteiger partial charge in [0.15, 0.2) is 0 Å². The van der Waals surface area contributed by atoms with Gasteiger partial charge in [-0.2, -0.15) is 0 Å². The first-order valence-corrected chi connectivity index (χ1v) is 15.7. The fourth-order valence-electron chi connectivity index (χ4n) is 5.64. The summed E-state index contributed by atoms with van der Waals surface area (Å²) in [6.07, 6.45) is 21.0. The van der Waals surface area contributed by atoms with Gasteiger partial charge in [-0.15, -0.1) is 0 Å². The molecule has 0 fully saturated rings. The largest absolute Gasteiger partial charge is 0.457 e. The highest BCUT2D eigenvalue weighted by Gasteiger charge is 2.17. The summed E-state index contributed by atoms with van der Waals surface area (Å²) in [4.78, 5) is 0. The lowest BCUT2D eigenvalue weighted by molar-refractivity contribution is 0.463. The van der Waals surface area contributed by atoms with Crippen molar-refractivity contribution >= 4 is 0 Å². The molecule has 2 aromatic rings. The van der Waals surface area contributed by atoms with Gasteiger partial charge in [0.2, 0.25) is 0 Å². The van der Waals surface area contributed by atoms with E-state index >= 15 is 0 Å². The van der Waals surface area contributed by atoms with Crippen molar-refractivity contribution in [3.05, 3.63) is 56.6 Å². The van der Waals surface area contributed by atoms with Crippen molar-refractivity contribution in [1.29, 1.82) is 0 Å². The molecule has 0 amide bonds. The summed E-state index contributed by atoms with van der Waals surface area (Å²) >= 11 is 0. The second-order valence-corrected chi connectivity index (χ2v) is 11.7. The second kappa shape index (κ2) is 17.0. The number of unbranched alkanes of at least 4 members (excludes halogenated alkanes) is 12. The van der Waals surface area contributed by atoms with Gasteiger partial charge in [0.1, 0.15) is 11.5 Å². The molecule has 0 heterocycles. The van der Waals surface area contributed by atoms with E-state index in [9.17, 15) is 0 Å². The lowest BCUT2D eigenvalue weighted by atomic mass is 9.92. The summed E-state index contributed by atoms with van der Waals surface area (Å²) in [5.41, 5.74) is 11.2. The van der Waals surface area contributed by atoms with E-state index in [1.54, 1.807) is 0 Å². The Balaban J connectivity index is 2.19. The lowest BCUT2D eigenvalue weighted by Crippen LogP contribution is -2.04. The third-order valence-electron chi connectivity index (χ3n) is 8.78. The highest BCUT2D eigenvalue weighted by molar-refractivity contribution is 5.53. The van der Waals surface area contributed by atoms with Crippen LogP contribution in [0.4, 0.5) is 0 Å². The van der Waals surface area contributed by atoms with Crippen LogP contribution in [-0.4, -0.2) is 0 Å². The Labute approximate surface area is 230 Å². The Hall–Kier alpha value is -1.76. The van der Waals surface area contributed by atoms with Crippen molar-refractivity contribution in [3.63, 3.8) is 0 Å². The summed E-state index contributed by atoms with van der Waals surface area (Å²) in [5, 5.41) is 0. The lowest BCUT2D eigenvalue weighted by Gasteiger charge is -2.22. The molecule has 1 nitrogen and oxygen atoms in total. The third kappa shape index (κ3) is 9.81. The summed E-state index contributed by atoms with van der Waals surface area (Å²) in [5.74, 6) is 2.19. The molecule has 1 heteroatoms. The van der Waals surface area contributed by atoms with Crippen molar-refractivity contribution in [3.8, 4) is 11.5 Å². The minimum Gasteiger partial charge on any atom is -0.457 e. The van der Waals surface area contributed by atoms with E-state index in [0.717, 1.165) is 24.3 Å². The molecule has 2 rings (SSSR count). The number of aryl methyl sites for hydroxylation is 2. The van der Waals surface area contributed by atoms with E-state index < -0.39 is 0 Å². The molecule has 0 bridgehead atoms. The van der Waals surface area contributed by atoms with Crippen LogP contribution in [0.3, 0.4) is 0 Å². The van der Waals surface area contributed by atoms with Crippen molar-refractivity contribution in [2.24, 2.45) is 0 Å². The maximum atomic E-state index is 6.89. The molecule has 0 saturated carbocycles. The predicted octanol–water partition coefficient (Wildman–Crippen LogP) is 11.9. The average Bonchev–Trinajstić information content (AvgIpc) is 2.88. The monoisotopic (exact) mass is 506 g/mol. The summed E-state index contributed by atoms with van der Waals surface area (Å²) in [6, 6.07) is 4.61. The molecule has 37 heavy (non-hydrogen) atoms. The van der Waals surface area contributed by atoms with Gasteiger partial charge in [-0.3, -0.25) is 0 Å². The zero-order valence-corrected chi connectivity index (χ0v) is 25.9. The van der Waals surface area contributed by atoms with E-state index in [0.29, 0.717) is 0 Å². The van der Waals surface area contributed by atoms with E-state index in [2.05, 4.69) is 67.5 Å². The quantitative estimate of drug-likeness (QED) is 0.183. The Bertz CT molecular complexity index is 875. The Morgan fingerprint density at radius 3 is 1.11 bits per heavy atom. The Morgan fingerprint density at radius 1 is 0.432 bits per heavy atom.